The molecule has 28 heavy (non-hydrogen) atoms. The summed E-state index contributed by atoms with van der Waals surface area (Å²) < 4.78 is 24.9. The molecule has 1 aromatic carbocycles. The molecule has 2 amide bonds. The van der Waals surface area contributed by atoms with Crippen molar-refractivity contribution in [3.8, 4) is 0 Å². The number of primary sulfonamides is 1. The summed E-state index contributed by atoms with van der Waals surface area (Å²) in [5.74, 6) is -0.793. The number of hydrogen-bond acceptors (Lipinski definition) is 5. The quantitative estimate of drug-likeness (QED) is 0.503. The van der Waals surface area contributed by atoms with Gasteiger partial charge in [-0.2, -0.15) is 0 Å². The smallest absolute Gasteiger partial charge is 0.295 e. The lowest BCUT2D eigenvalue weighted by Crippen LogP contribution is -2.44. The zero-order valence-electron chi connectivity index (χ0n) is 15.7. The summed E-state index contributed by atoms with van der Waals surface area (Å²) in [5.41, 5.74) is 2.10. The van der Waals surface area contributed by atoms with E-state index in [4.69, 9.17) is 5.14 Å². The monoisotopic (exact) mass is 408 g/mol. The highest BCUT2D eigenvalue weighted by molar-refractivity contribution is 7.89. The number of amides is 2. The summed E-state index contributed by atoms with van der Waals surface area (Å²) in [6, 6.07) is 4.95. The van der Waals surface area contributed by atoms with Crippen LogP contribution >= 0.6 is 0 Å². The molecule has 2 aromatic rings. The van der Waals surface area contributed by atoms with E-state index in [1.54, 1.807) is 7.05 Å². The van der Waals surface area contributed by atoms with Crippen molar-refractivity contribution in [2.24, 2.45) is 12.2 Å². The highest BCUT2D eigenvalue weighted by Crippen LogP contribution is 2.24. The number of nitrogens with two attached hydrogens (primary N) is 1. The Balaban J connectivity index is 1.78. The minimum absolute atomic E-state index is 0.0185. The standard InChI is InChI=1S/C18H24N4O5S/c1-21-15-11-12(5-3-2-4-10-28(19,26)27)6-7-13(15)22(18(21)25)14-8-9-16(23)20-17(14)24/h6-7,11,14H,2-5,8-10H2,1H3,(H2,19,26,27)(H,20,23,24). The molecule has 10 heteroatoms. The minimum Gasteiger partial charge on any atom is -0.295 e. The van der Waals surface area contributed by atoms with E-state index < -0.39 is 22.0 Å². The van der Waals surface area contributed by atoms with Crippen LogP contribution in [-0.2, 0) is 33.1 Å². The van der Waals surface area contributed by atoms with E-state index in [0.717, 1.165) is 30.3 Å². The van der Waals surface area contributed by atoms with Gasteiger partial charge in [0.05, 0.1) is 16.8 Å². The first kappa shape index (κ1) is 20.3. The number of imide groups is 1. The third-order valence-corrected chi connectivity index (χ3v) is 5.93. The number of benzene rings is 1. The lowest BCUT2D eigenvalue weighted by atomic mass is 10.0. The Bertz CT molecular complexity index is 1080. The Labute approximate surface area is 162 Å². The molecule has 0 radical (unpaired) electrons. The first-order valence-corrected chi connectivity index (χ1v) is 10.9. The number of aryl methyl sites for hydroxylation is 2. The van der Waals surface area contributed by atoms with Gasteiger partial charge in [-0.15, -0.1) is 0 Å². The van der Waals surface area contributed by atoms with Crippen molar-refractivity contribution in [3.63, 3.8) is 0 Å². The molecule has 3 rings (SSSR count). The maximum atomic E-state index is 12.7. The van der Waals surface area contributed by atoms with Crippen LogP contribution in [0.2, 0.25) is 0 Å². The summed E-state index contributed by atoms with van der Waals surface area (Å²) in [5, 5.41) is 7.29. The van der Waals surface area contributed by atoms with Gasteiger partial charge in [-0.25, -0.2) is 18.4 Å². The number of piperidine rings is 1. The molecule has 9 nitrogen and oxygen atoms in total. The normalized spacial score (nSPS) is 17.9. The number of carbonyl (C=O) groups excluding carboxylic acids is 2. The van der Waals surface area contributed by atoms with Gasteiger partial charge in [-0.05, 0) is 43.4 Å². The fourth-order valence-corrected chi connectivity index (χ4v) is 4.21. The Morgan fingerprint density at radius 2 is 1.89 bits per heavy atom. The minimum atomic E-state index is -3.42. The van der Waals surface area contributed by atoms with Crippen LogP contribution in [0, 0.1) is 0 Å². The first-order chi connectivity index (χ1) is 13.2. The molecule has 1 fully saturated rings. The Hall–Kier alpha value is -2.46. The van der Waals surface area contributed by atoms with Gasteiger partial charge in [0.2, 0.25) is 21.8 Å². The number of fused-ring (bicyclic) bond motifs is 1. The van der Waals surface area contributed by atoms with Crippen molar-refractivity contribution in [1.29, 1.82) is 0 Å². The molecule has 152 valence electrons. The number of aromatic nitrogens is 2. The predicted octanol–water partition coefficient (Wildman–Crippen LogP) is 0.319. The zero-order valence-corrected chi connectivity index (χ0v) is 16.5. The Morgan fingerprint density at radius 3 is 2.57 bits per heavy atom. The number of hydrogen-bond donors (Lipinski definition) is 2. The van der Waals surface area contributed by atoms with Gasteiger partial charge in [-0.1, -0.05) is 12.5 Å². The fourth-order valence-electron chi connectivity index (χ4n) is 3.60. The first-order valence-electron chi connectivity index (χ1n) is 9.21. The number of imidazole rings is 1. The summed E-state index contributed by atoms with van der Waals surface area (Å²) in [7, 11) is -1.76. The van der Waals surface area contributed by atoms with Gasteiger partial charge in [0.1, 0.15) is 6.04 Å². The molecular formula is C18H24N4O5S. The van der Waals surface area contributed by atoms with E-state index in [-0.39, 0.29) is 23.8 Å². The van der Waals surface area contributed by atoms with Gasteiger partial charge in [0.15, 0.2) is 0 Å². The van der Waals surface area contributed by atoms with Crippen LogP contribution in [0.1, 0.15) is 43.7 Å². The van der Waals surface area contributed by atoms with Crippen LogP contribution in [0.4, 0.5) is 0 Å². The van der Waals surface area contributed by atoms with Crippen LogP contribution in [0.15, 0.2) is 23.0 Å². The predicted molar refractivity (Wildman–Crippen MR) is 104 cm³/mol. The summed E-state index contributed by atoms with van der Waals surface area (Å²) in [6.45, 7) is 0. The number of nitrogens with one attached hydrogen (secondary N) is 1. The van der Waals surface area contributed by atoms with Crippen LogP contribution in [0.3, 0.4) is 0 Å². The SMILES string of the molecule is Cn1c(=O)n(C2CCC(=O)NC2=O)c2ccc(CCCCCS(N)(=O)=O)cc21. The molecule has 2 heterocycles. The zero-order chi connectivity index (χ0) is 20.5. The average molecular weight is 408 g/mol. The topological polar surface area (TPSA) is 133 Å². The van der Waals surface area contributed by atoms with Crippen molar-refractivity contribution < 1.29 is 18.0 Å². The van der Waals surface area contributed by atoms with E-state index in [0.29, 0.717) is 18.4 Å². The van der Waals surface area contributed by atoms with E-state index >= 15 is 0 Å². The molecule has 3 N–H and O–H groups in total. The van der Waals surface area contributed by atoms with E-state index in [1.807, 2.05) is 18.2 Å². The van der Waals surface area contributed by atoms with E-state index in [9.17, 15) is 22.8 Å². The van der Waals surface area contributed by atoms with Crippen LogP contribution < -0.4 is 16.1 Å². The molecule has 1 saturated heterocycles. The van der Waals surface area contributed by atoms with Gasteiger partial charge >= 0.3 is 5.69 Å². The van der Waals surface area contributed by atoms with Crippen molar-refractivity contribution in [3.05, 3.63) is 34.2 Å². The molecule has 0 bridgehead atoms. The summed E-state index contributed by atoms with van der Waals surface area (Å²) in [6.07, 6.45) is 3.32. The molecule has 1 atom stereocenters. The Morgan fingerprint density at radius 1 is 1.14 bits per heavy atom. The number of sulfonamides is 1. The summed E-state index contributed by atoms with van der Waals surface area (Å²) in [4.78, 5) is 36.3. The van der Waals surface area contributed by atoms with Gasteiger partial charge in [0, 0.05) is 13.5 Å². The number of rotatable bonds is 7. The van der Waals surface area contributed by atoms with Gasteiger partial charge in [-0.3, -0.25) is 24.0 Å². The van der Waals surface area contributed by atoms with Crippen LogP contribution in [0.5, 0.6) is 0 Å². The van der Waals surface area contributed by atoms with E-state index in [2.05, 4.69) is 5.32 Å². The molecule has 1 aliphatic heterocycles. The molecule has 0 spiro atoms. The maximum Gasteiger partial charge on any atom is 0.329 e. The second-order valence-electron chi connectivity index (χ2n) is 7.18. The van der Waals surface area contributed by atoms with Gasteiger partial charge < -0.3 is 0 Å². The molecule has 1 aliphatic rings. The summed E-state index contributed by atoms with van der Waals surface area (Å²) >= 11 is 0. The van der Waals surface area contributed by atoms with Crippen LogP contribution in [0.25, 0.3) is 11.0 Å². The third-order valence-electron chi connectivity index (χ3n) is 5.07. The van der Waals surface area contributed by atoms with Crippen molar-refractivity contribution in [2.75, 3.05) is 5.75 Å². The third kappa shape index (κ3) is 4.33. The fraction of sp³-hybridized carbons (Fsp3) is 0.500. The number of unbranched alkanes of at least 4 members (excludes halogenated alkanes) is 2. The second-order valence-corrected chi connectivity index (χ2v) is 8.91. The lowest BCUT2D eigenvalue weighted by molar-refractivity contribution is -0.135. The second kappa shape index (κ2) is 7.88. The van der Waals surface area contributed by atoms with Gasteiger partial charge in [0.25, 0.3) is 0 Å². The average Bonchev–Trinajstić information content (AvgIpc) is 2.85. The van der Waals surface area contributed by atoms with Crippen molar-refractivity contribution >= 4 is 32.9 Å². The molecule has 1 unspecified atom stereocenters. The molecule has 1 aromatic heterocycles. The lowest BCUT2D eigenvalue weighted by Gasteiger charge is -2.21. The number of carbonyl (C=O) groups is 2. The maximum absolute atomic E-state index is 12.7. The van der Waals surface area contributed by atoms with E-state index in [1.165, 1.54) is 9.13 Å². The van der Waals surface area contributed by atoms with Crippen molar-refractivity contribution in [1.82, 2.24) is 14.5 Å². The van der Waals surface area contributed by atoms with Crippen LogP contribution in [-0.4, -0.2) is 35.1 Å². The molecule has 0 aliphatic carbocycles. The molecular weight excluding hydrogens is 384 g/mol. The highest BCUT2D eigenvalue weighted by Gasteiger charge is 2.31. The largest absolute Gasteiger partial charge is 0.329 e. The molecule has 0 saturated carbocycles. The van der Waals surface area contributed by atoms with Crippen molar-refractivity contribution in [2.45, 2.75) is 44.6 Å². The number of nitrogens with zero attached hydrogens (tertiary/aromatic N) is 2. The highest BCUT2D eigenvalue weighted by atomic mass is 32.2. The Kier molecular flexibility index (Phi) is 5.71.